The summed E-state index contributed by atoms with van der Waals surface area (Å²) in [6, 6.07) is 27.3. The van der Waals surface area contributed by atoms with Crippen LogP contribution in [0.15, 0.2) is 96.5 Å². The van der Waals surface area contributed by atoms with E-state index in [1.54, 1.807) is 59.9 Å². The zero-order valence-electron chi connectivity index (χ0n) is 41.5. The van der Waals surface area contributed by atoms with Gasteiger partial charge in [-0.2, -0.15) is 5.26 Å². The summed E-state index contributed by atoms with van der Waals surface area (Å²) in [5.74, 6) is 0.161. The van der Waals surface area contributed by atoms with Gasteiger partial charge in [-0.25, -0.2) is 4.98 Å². The number of hydrogen-bond donors (Lipinski definition) is 4. The Morgan fingerprint density at radius 3 is 2.30 bits per heavy atom. The number of para-hydroxylation sites is 1. The van der Waals surface area contributed by atoms with Gasteiger partial charge in [0.1, 0.15) is 41.5 Å². The maximum Gasteiger partial charge on any atom is 0.258 e. The van der Waals surface area contributed by atoms with Crippen molar-refractivity contribution >= 4 is 46.6 Å². The monoisotopic (exact) mass is 1000 g/mol. The number of nitrogens with zero attached hydrogens (tertiary/aromatic N) is 3. The molecule has 7 rings (SSSR count). The molecule has 1 aliphatic carbocycles. The molecular formula is C55H63ClN6O8S. The Balaban J connectivity index is 0.863. The number of rotatable bonds is 18. The number of halogens is 1. The van der Waals surface area contributed by atoms with Crippen molar-refractivity contribution in [2.24, 2.45) is 16.2 Å². The van der Waals surface area contributed by atoms with E-state index in [0.717, 1.165) is 27.3 Å². The quantitative estimate of drug-likeness (QED) is 0.0620. The van der Waals surface area contributed by atoms with E-state index in [9.17, 15) is 29.5 Å². The van der Waals surface area contributed by atoms with E-state index in [4.69, 9.17) is 25.8 Å². The van der Waals surface area contributed by atoms with E-state index in [2.05, 4.69) is 54.7 Å². The predicted molar refractivity (Wildman–Crippen MR) is 273 cm³/mol. The van der Waals surface area contributed by atoms with Gasteiger partial charge in [0.05, 0.1) is 39.4 Å². The minimum absolute atomic E-state index is 0.0335. The van der Waals surface area contributed by atoms with Crippen molar-refractivity contribution in [1.82, 2.24) is 25.8 Å². The van der Waals surface area contributed by atoms with Crippen LogP contribution in [0.2, 0.25) is 5.02 Å². The Labute approximate surface area is 425 Å². The number of aryl methyl sites for hydroxylation is 2. The number of benzene rings is 4. The van der Waals surface area contributed by atoms with E-state index in [1.165, 1.54) is 4.90 Å². The van der Waals surface area contributed by atoms with Gasteiger partial charge in [0.25, 0.3) is 11.8 Å². The summed E-state index contributed by atoms with van der Waals surface area (Å²) in [6.07, 6.45) is 0.192. The molecule has 2 heterocycles. The first-order valence-electron chi connectivity index (χ1n) is 23.8. The van der Waals surface area contributed by atoms with Crippen molar-refractivity contribution in [2.45, 2.75) is 112 Å². The number of amides is 4. The second-order valence-corrected chi connectivity index (χ2v) is 21.9. The highest BCUT2D eigenvalue weighted by atomic mass is 35.5. The number of likely N-dealkylation sites (tertiary alicyclic amines) is 1. The smallest absolute Gasteiger partial charge is 0.258 e. The zero-order valence-corrected chi connectivity index (χ0v) is 43.1. The maximum atomic E-state index is 14.2. The zero-order chi connectivity index (χ0) is 51.3. The average Bonchev–Trinajstić information content (AvgIpc) is 3.96. The van der Waals surface area contributed by atoms with Gasteiger partial charge in [-0.05, 0) is 84.3 Å². The fourth-order valence-corrected chi connectivity index (χ4v) is 11.0. The summed E-state index contributed by atoms with van der Waals surface area (Å²) in [6.45, 7) is 15.9. The average molecular weight is 1000 g/mol. The van der Waals surface area contributed by atoms with Crippen molar-refractivity contribution in [2.75, 3.05) is 19.8 Å². The molecule has 1 unspecified atom stereocenters. The number of β-amino-alcohol motifs (C(OH)–C–C–N with tert-alkyl or cyclic N) is 1. The number of carbonyl (C=O) groups excluding carboxylic acids is 4. The molecule has 3 atom stereocenters. The second kappa shape index (κ2) is 21.9. The lowest BCUT2D eigenvalue weighted by Gasteiger charge is -2.63. The first-order chi connectivity index (χ1) is 33.7. The highest BCUT2D eigenvalue weighted by Gasteiger charge is 2.64. The number of aliphatic hydroxyl groups excluding tert-OH is 1. The molecule has 14 nitrogen and oxygen atoms in total. The molecule has 0 bridgehead atoms. The van der Waals surface area contributed by atoms with Crippen molar-refractivity contribution in [1.29, 1.82) is 5.26 Å². The van der Waals surface area contributed by atoms with Crippen LogP contribution in [-0.4, -0.2) is 88.7 Å². The van der Waals surface area contributed by atoms with E-state index < -0.39 is 46.2 Å². The summed E-state index contributed by atoms with van der Waals surface area (Å²) in [5, 5.41) is 29.2. The summed E-state index contributed by atoms with van der Waals surface area (Å²) < 4.78 is 18.4. The number of hydrogen-bond acceptors (Lipinski definition) is 11. The Morgan fingerprint density at radius 1 is 0.958 bits per heavy atom. The molecule has 2 fully saturated rings. The Bertz CT molecular complexity index is 2750. The lowest BCUT2D eigenvalue weighted by atomic mass is 9.49. The molecule has 1 aliphatic heterocycles. The summed E-state index contributed by atoms with van der Waals surface area (Å²) >= 11 is 7.82. The highest BCUT2D eigenvalue weighted by Crippen LogP contribution is 2.55. The molecule has 1 aromatic heterocycles. The van der Waals surface area contributed by atoms with Crippen molar-refractivity contribution in [3.05, 3.63) is 129 Å². The van der Waals surface area contributed by atoms with E-state index in [0.29, 0.717) is 52.8 Å². The molecule has 71 heavy (non-hydrogen) atoms. The molecule has 4 amide bonds. The summed E-state index contributed by atoms with van der Waals surface area (Å²) in [7, 11) is 0. The topological polar surface area (TPSA) is 192 Å². The minimum Gasteiger partial charge on any atom is -0.494 e. The normalized spacial score (nSPS) is 19.4. The SMILES string of the molecule is Cc1ncsc1-c1ccc(CNC(=O)[C@@H]2C[C@@H](O)CN2C(=O)C(NC(=O)COc2ccccc2CCCOc2ccc(C(=O)NC3C(C)(C)C(Oc4ccc(C#N)c(Cl)c4)C3(C)C)cc2)C(C)(C)C)cc1. The third-order valence-corrected chi connectivity index (χ3v) is 14.7. The number of nitrogens with one attached hydrogen (secondary N) is 3. The van der Waals surface area contributed by atoms with Gasteiger partial charge in [0.15, 0.2) is 6.61 Å². The van der Waals surface area contributed by atoms with Gasteiger partial charge >= 0.3 is 0 Å². The van der Waals surface area contributed by atoms with Crippen LogP contribution < -0.4 is 30.2 Å². The number of nitriles is 1. The molecule has 374 valence electrons. The first-order valence-corrected chi connectivity index (χ1v) is 25.1. The number of aliphatic hydroxyl groups is 1. The summed E-state index contributed by atoms with van der Waals surface area (Å²) in [5.41, 5.74) is 4.90. The molecule has 1 saturated carbocycles. The fourth-order valence-electron chi connectivity index (χ4n) is 9.94. The Morgan fingerprint density at radius 2 is 1.65 bits per heavy atom. The van der Waals surface area contributed by atoms with Gasteiger partial charge < -0.3 is 40.2 Å². The van der Waals surface area contributed by atoms with Gasteiger partial charge in [-0.1, -0.05) is 103 Å². The van der Waals surface area contributed by atoms with Crippen LogP contribution in [0.5, 0.6) is 17.2 Å². The van der Waals surface area contributed by atoms with E-state index in [-0.39, 0.29) is 50.1 Å². The van der Waals surface area contributed by atoms with Crippen molar-refractivity contribution in [3.8, 4) is 33.8 Å². The molecule has 4 N–H and O–H groups in total. The number of aromatic nitrogens is 1. The molecule has 5 aromatic rings. The third kappa shape index (κ3) is 12.2. The van der Waals surface area contributed by atoms with Crippen molar-refractivity contribution < 1.29 is 38.5 Å². The van der Waals surface area contributed by atoms with Gasteiger partial charge in [-0.15, -0.1) is 11.3 Å². The van der Waals surface area contributed by atoms with Crippen LogP contribution in [0.4, 0.5) is 0 Å². The van der Waals surface area contributed by atoms with Gasteiger partial charge in [0, 0.05) is 48.0 Å². The van der Waals surface area contributed by atoms with E-state index in [1.807, 2.05) is 75.7 Å². The third-order valence-electron chi connectivity index (χ3n) is 13.4. The van der Waals surface area contributed by atoms with Crippen LogP contribution in [0, 0.1) is 34.5 Å². The molecule has 2 aliphatic rings. The van der Waals surface area contributed by atoms with Gasteiger partial charge in [0.2, 0.25) is 11.8 Å². The molecule has 0 spiro atoms. The van der Waals surface area contributed by atoms with Crippen LogP contribution in [0.25, 0.3) is 10.4 Å². The molecule has 0 radical (unpaired) electrons. The van der Waals surface area contributed by atoms with Crippen molar-refractivity contribution in [3.63, 3.8) is 0 Å². The van der Waals surface area contributed by atoms with Crippen LogP contribution in [0.1, 0.15) is 94.1 Å². The van der Waals surface area contributed by atoms with Crippen LogP contribution in [0.3, 0.4) is 0 Å². The van der Waals surface area contributed by atoms with Gasteiger partial charge in [-0.3, -0.25) is 19.2 Å². The highest BCUT2D eigenvalue weighted by molar-refractivity contribution is 7.13. The first kappa shape index (κ1) is 52.4. The van der Waals surface area contributed by atoms with Crippen LogP contribution >= 0.6 is 22.9 Å². The Kier molecular flexibility index (Phi) is 16.1. The number of ether oxygens (including phenoxy) is 3. The molecule has 1 saturated heterocycles. The second-order valence-electron chi connectivity index (χ2n) is 20.6. The Hall–Kier alpha value is -6.47. The number of carbonyl (C=O) groups is 4. The summed E-state index contributed by atoms with van der Waals surface area (Å²) in [4.78, 5) is 61.4. The number of thiazole rings is 1. The predicted octanol–water partition coefficient (Wildman–Crippen LogP) is 8.46. The fraction of sp³-hybridized carbons (Fsp3) is 0.418. The minimum atomic E-state index is -1.00. The lowest BCUT2D eigenvalue weighted by Crippen LogP contribution is -2.74. The standard InChI is InChI=1S/C55H63ClN6O8S/c1-33-46(71-32-59-33)36-17-15-34(16-18-36)29-58-49(66)43-26-39(63)30-62(43)50(67)47(53(2,3)4)60-45(64)31-69-44-14-10-9-12-35(44)13-11-25-68-40-22-19-37(20-23-40)48(65)61-51-54(5,6)52(55(51,7)8)70-41-24-21-38(28-57)42(56)27-41/h9-10,12,14-24,27,32,39,43,47,51-52,63H,11,13,25-26,29-31H2,1-8H3,(H,58,66)(H,60,64)(H,61,65)/t39-,43+,47?,51?,52?/m1/s1. The molecule has 16 heteroatoms. The van der Waals surface area contributed by atoms with E-state index >= 15 is 0 Å². The largest absolute Gasteiger partial charge is 0.494 e. The lowest BCUT2D eigenvalue weighted by molar-refractivity contribution is -0.164. The van der Waals surface area contributed by atoms with Crippen LogP contribution in [-0.2, 0) is 27.3 Å². The molecular weight excluding hydrogens is 940 g/mol. The maximum absolute atomic E-state index is 14.2. The molecule has 4 aromatic carbocycles.